The number of para-hydroxylation sites is 1. The van der Waals surface area contributed by atoms with Crippen LogP contribution in [-0.2, 0) is 0 Å². The number of carboxylic acid groups (broad SMARTS) is 1. The van der Waals surface area contributed by atoms with Crippen molar-refractivity contribution in [1.82, 2.24) is 4.90 Å². The molecule has 0 unspecified atom stereocenters. The maximum absolute atomic E-state index is 12.8. The molecule has 0 aliphatic carbocycles. The zero-order valence-electron chi connectivity index (χ0n) is 16.4. The SMILES string of the molecule is O=C([O-])c1ccccc1C(=O)N1CCN(c2ccc(Oc3ccccc3)cc2)CC1. The maximum atomic E-state index is 12.8. The number of carbonyl (C=O) groups excluding carboxylic acids is 2. The molecule has 1 aliphatic heterocycles. The van der Waals surface area contributed by atoms with Gasteiger partial charge in [-0.05, 0) is 42.5 Å². The Hall–Kier alpha value is -3.80. The molecule has 1 fully saturated rings. The van der Waals surface area contributed by atoms with E-state index in [-0.39, 0.29) is 17.0 Å². The highest BCUT2D eigenvalue weighted by atomic mass is 16.5. The summed E-state index contributed by atoms with van der Waals surface area (Å²) in [5, 5.41) is 11.3. The first-order valence-corrected chi connectivity index (χ1v) is 9.79. The molecule has 1 heterocycles. The van der Waals surface area contributed by atoms with Crippen molar-refractivity contribution in [2.75, 3.05) is 31.1 Å². The molecule has 0 atom stereocenters. The zero-order chi connectivity index (χ0) is 20.9. The van der Waals surface area contributed by atoms with Crippen LogP contribution < -0.4 is 14.7 Å². The number of benzene rings is 3. The normalized spacial score (nSPS) is 13.7. The molecule has 0 bridgehead atoms. The smallest absolute Gasteiger partial charge is 0.254 e. The number of rotatable bonds is 5. The highest BCUT2D eigenvalue weighted by Crippen LogP contribution is 2.25. The summed E-state index contributed by atoms with van der Waals surface area (Å²) in [6, 6.07) is 23.6. The van der Waals surface area contributed by atoms with Crippen LogP contribution in [0.1, 0.15) is 20.7 Å². The minimum Gasteiger partial charge on any atom is -0.545 e. The average molecular weight is 401 g/mol. The molecule has 0 aromatic heterocycles. The molecule has 3 aromatic rings. The van der Waals surface area contributed by atoms with E-state index in [0.717, 1.165) is 17.2 Å². The van der Waals surface area contributed by atoms with Crippen molar-refractivity contribution in [3.05, 3.63) is 90.0 Å². The average Bonchev–Trinajstić information content (AvgIpc) is 2.80. The summed E-state index contributed by atoms with van der Waals surface area (Å²) >= 11 is 0. The Morgan fingerprint density at radius 2 is 1.27 bits per heavy atom. The second-order valence-corrected chi connectivity index (χ2v) is 7.02. The lowest BCUT2D eigenvalue weighted by atomic mass is 10.1. The van der Waals surface area contributed by atoms with Crippen LogP contribution in [0, 0.1) is 0 Å². The van der Waals surface area contributed by atoms with Crippen LogP contribution in [0.25, 0.3) is 0 Å². The fourth-order valence-corrected chi connectivity index (χ4v) is 3.54. The number of hydrogen-bond acceptors (Lipinski definition) is 5. The second-order valence-electron chi connectivity index (χ2n) is 7.02. The van der Waals surface area contributed by atoms with E-state index >= 15 is 0 Å². The Labute approximate surface area is 174 Å². The number of aromatic carboxylic acids is 1. The summed E-state index contributed by atoms with van der Waals surface area (Å²) in [5.74, 6) is -0.0664. The van der Waals surface area contributed by atoms with Crippen molar-refractivity contribution < 1.29 is 19.4 Å². The minimum atomic E-state index is -1.34. The first kappa shape index (κ1) is 19.5. The first-order chi connectivity index (χ1) is 14.6. The lowest BCUT2D eigenvalue weighted by Crippen LogP contribution is -2.49. The largest absolute Gasteiger partial charge is 0.545 e. The van der Waals surface area contributed by atoms with Crippen molar-refractivity contribution in [1.29, 1.82) is 0 Å². The van der Waals surface area contributed by atoms with Gasteiger partial charge in [-0.2, -0.15) is 0 Å². The Kier molecular flexibility index (Phi) is 5.66. The molecular weight excluding hydrogens is 380 g/mol. The molecule has 0 saturated carbocycles. The number of carboxylic acids is 1. The summed E-state index contributed by atoms with van der Waals surface area (Å²) in [6.07, 6.45) is 0. The Balaban J connectivity index is 1.38. The first-order valence-electron chi connectivity index (χ1n) is 9.79. The quantitative estimate of drug-likeness (QED) is 0.657. The third kappa shape index (κ3) is 4.27. The summed E-state index contributed by atoms with van der Waals surface area (Å²) < 4.78 is 5.82. The topological polar surface area (TPSA) is 72.9 Å². The van der Waals surface area contributed by atoms with Crippen LogP contribution in [0.5, 0.6) is 11.5 Å². The molecule has 0 spiro atoms. The van der Waals surface area contributed by atoms with Gasteiger partial charge in [0, 0.05) is 43.0 Å². The van der Waals surface area contributed by atoms with E-state index in [1.54, 1.807) is 17.0 Å². The van der Waals surface area contributed by atoms with Gasteiger partial charge in [-0.15, -0.1) is 0 Å². The van der Waals surface area contributed by atoms with Gasteiger partial charge >= 0.3 is 0 Å². The van der Waals surface area contributed by atoms with Gasteiger partial charge in [0.1, 0.15) is 11.5 Å². The highest BCUT2D eigenvalue weighted by Gasteiger charge is 2.24. The van der Waals surface area contributed by atoms with Gasteiger partial charge in [-0.3, -0.25) is 4.79 Å². The lowest BCUT2D eigenvalue weighted by molar-refractivity contribution is -0.255. The summed E-state index contributed by atoms with van der Waals surface area (Å²) in [6.45, 7) is 2.36. The van der Waals surface area contributed by atoms with Gasteiger partial charge in [0.05, 0.1) is 5.97 Å². The molecule has 30 heavy (non-hydrogen) atoms. The molecular formula is C24H21N2O4-. The van der Waals surface area contributed by atoms with Crippen molar-refractivity contribution in [3.8, 4) is 11.5 Å². The van der Waals surface area contributed by atoms with Crippen molar-refractivity contribution >= 4 is 17.6 Å². The third-order valence-electron chi connectivity index (χ3n) is 5.13. The fraction of sp³-hybridized carbons (Fsp3) is 0.167. The number of piperazine rings is 1. The minimum absolute atomic E-state index is 0.0704. The third-order valence-corrected chi connectivity index (χ3v) is 5.13. The Morgan fingerprint density at radius 3 is 1.90 bits per heavy atom. The van der Waals surface area contributed by atoms with Crippen LogP contribution in [0.4, 0.5) is 5.69 Å². The molecule has 0 N–H and O–H groups in total. The van der Waals surface area contributed by atoms with Crippen molar-refractivity contribution in [2.45, 2.75) is 0 Å². The van der Waals surface area contributed by atoms with Crippen LogP contribution in [0.15, 0.2) is 78.9 Å². The number of amides is 1. The predicted octanol–water partition coefficient (Wildman–Crippen LogP) is 2.80. The summed E-state index contributed by atoms with van der Waals surface area (Å²) in [5.41, 5.74) is 1.16. The number of carbonyl (C=O) groups is 2. The van der Waals surface area contributed by atoms with E-state index in [1.807, 2.05) is 54.6 Å². The number of ether oxygens (including phenoxy) is 1. The molecule has 4 rings (SSSR count). The molecule has 6 nitrogen and oxygen atoms in total. The Morgan fingerprint density at radius 1 is 0.700 bits per heavy atom. The van der Waals surface area contributed by atoms with Crippen LogP contribution in [0.2, 0.25) is 0 Å². The number of nitrogens with zero attached hydrogens (tertiary/aromatic N) is 2. The lowest BCUT2D eigenvalue weighted by Gasteiger charge is -2.36. The zero-order valence-corrected chi connectivity index (χ0v) is 16.4. The molecule has 3 aromatic carbocycles. The van der Waals surface area contributed by atoms with E-state index in [9.17, 15) is 14.7 Å². The van der Waals surface area contributed by atoms with E-state index in [1.165, 1.54) is 12.1 Å². The maximum Gasteiger partial charge on any atom is 0.254 e. The van der Waals surface area contributed by atoms with Crippen LogP contribution in [-0.4, -0.2) is 43.0 Å². The predicted molar refractivity (Wildman–Crippen MR) is 112 cm³/mol. The second kappa shape index (κ2) is 8.69. The van der Waals surface area contributed by atoms with Gasteiger partial charge in [0.2, 0.25) is 0 Å². The van der Waals surface area contributed by atoms with Crippen molar-refractivity contribution in [2.24, 2.45) is 0 Å². The Bertz CT molecular complexity index is 1030. The van der Waals surface area contributed by atoms with Gasteiger partial charge in [0.15, 0.2) is 0 Å². The van der Waals surface area contributed by atoms with Gasteiger partial charge in [-0.25, -0.2) is 0 Å². The number of anilines is 1. The van der Waals surface area contributed by atoms with E-state index in [4.69, 9.17) is 4.74 Å². The molecule has 1 saturated heterocycles. The molecule has 152 valence electrons. The van der Waals surface area contributed by atoms with E-state index in [2.05, 4.69) is 4.90 Å². The molecule has 0 radical (unpaired) electrons. The highest BCUT2D eigenvalue weighted by molar-refractivity contribution is 6.04. The molecule has 6 heteroatoms. The van der Waals surface area contributed by atoms with E-state index in [0.29, 0.717) is 26.2 Å². The van der Waals surface area contributed by atoms with Crippen molar-refractivity contribution in [3.63, 3.8) is 0 Å². The summed E-state index contributed by atoms with van der Waals surface area (Å²) in [4.78, 5) is 28.0. The number of hydrogen-bond donors (Lipinski definition) is 0. The fourth-order valence-electron chi connectivity index (χ4n) is 3.54. The van der Waals surface area contributed by atoms with Crippen LogP contribution in [0.3, 0.4) is 0 Å². The van der Waals surface area contributed by atoms with Gasteiger partial charge in [-0.1, -0.05) is 36.4 Å². The van der Waals surface area contributed by atoms with Gasteiger partial charge < -0.3 is 24.4 Å². The monoisotopic (exact) mass is 401 g/mol. The molecule has 1 amide bonds. The standard InChI is InChI=1S/C24H22N2O4/c27-23(21-8-4-5-9-22(21)24(28)29)26-16-14-25(15-17-26)18-10-12-20(13-11-18)30-19-6-2-1-3-7-19/h1-13H,14-17H2,(H,28,29)/p-1. The molecule has 1 aliphatic rings. The summed E-state index contributed by atoms with van der Waals surface area (Å²) in [7, 11) is 0. The van der Waals surface area contributed by atoms with E-state index < -0.39 is 5.97 Å². The van der Waals surface area contributed by atoms with Gasteiger partial charge in [0.25, 0.3) is 5.91 Å². The van der Waals surface area contributed by atoms with Crippen LogP contribution >= 0.6 is 0 Å².